The zero-order valence-electron chi connectivity index (χ0n) is 12.4. The van der Waals surface area contributed by atoms with E-state index in [1.807, 2.05) is 24.3 Å². The molecule has 0 atom stereocenters. The summed E-state index contributed by atoms with van der Waals surface area (Å²) in [6.07, 6.45) is 0.707. The number of hydrogen-bond acceptors (Lipinski definition) is 2. The number of H-pyrrole nitrogens is 1. The molecule has 0 unspecified atom stereocenters. The van der Waals surface area contributed by atoms with Gasteiger partial charge in [-0.25, -0.2) is 4.39 Å². The van der Waals surface area contributed by atoms with Crippen LogP contribution < -0.4 is 11.1 Å². The average Bonchev–Trinajstić information content (AvgIpc) is 2.83. The first kappa shape index (κ1) is 14.0. The van der Waals surface area contributed by atoms with Crippen molar-refractivity contribution in [3.05, 3.63) is 58.9 Å². The maximum absolute atomic E-state index is 13.8. The van der Waals surface area contributed by atoms with Gasteiger partial charge in [-0.15, -0.1) is 0 Å². The van der Waals surface area contributed by atoms with Crippen LogP contribution in [0.1, 0.15) is 21.5 Å². The van der Waals surface area contributed by atoms with E-state index in [0.717, 1.165) is 27.8 Å². The highest BCUT2D eigenvalue weighted by molar-refractivity contribution is 6.10. The molecule has 0 spiro atoms. The highest BCUT2D eigenvalue weighted by Crippen LogP contribution is 2.34. The Hall–Kier alpha value is -2.66. The smallest absolute Gasteiger partial charge is 0.252 e. The molecule has 2 aromatic carbocycles. The standard InChI is InChI=1S/C18H16FN3O/c19-12-7-14-16-13(5-6-21-18(14)23)17(22-15(16)8-12)11-3-1-10(9-20)2-4-11/h1-4,7-8,22H,5-6,9,20H2,(H,21,23). The van der Waals surface area contributed by atoms with Crippen molar-refractivity contribution in [2.24, 2.45) is 5.73 Å². The first-order valence-corrected chi connectivity index (χ1v) is 7.59. The molecule has 0 saturated carbocycles. The molecule has 5 heteroatoms. The normalized spacial score (nSPS) is 13.9. The molecule has 116 valence electrons. The van der Waals surface area contributed by atoms with Gasteiger partial charge in [-0.3, -0.25) is 4.79 Å². The van der Waals surface area contributed by atoms with Crippen LogP contribution in [0.2, 0.25) is 0 Å². The van der Waals surface area contributed by atoms with Crippen LogP contribution in [0.4, 0.5) is 4.39 Å². The molecule has 2 heterocycles. The predicted octanol–water partition coefficient (Wildman–Crippen LogP) is 2.72. The van der Waals surface area contributed by atoms with E-state index in [4.69, 9.17) is 5.73 Å². The number of aromatic amines is 1. The largest absolute Gasteiger partial charge is 0.354 e. The number of carbonyl (C=O) groups excluding carboxylic acids is 1. The van der Waals surface area contributed by atoms with Crippen LogP contribution in [0.3, 0.4) is 0 Å². The van der Waals surface area contributed by atoms with Crippen molar-refractivity contribution in [2.45, 2.75) is 13.0 Å². The maximum atomic E-state index is 13.8. The molecule has 4 nitrogen and oxygen atoms in total. The Morgan fingerprint density at radius 1 is 1.17 bits per heavy atom. The van der Waals surface area contributed by atoms with Crippen LogP contribution in [0.5, 0.6) is 0 Å². The first-order valence-electron chi connectivity index (χ1n) is 7.59. The van der Waals surface area contributed by atoms with Gasteiger partial charge in [0.05, 0.1) is 5.56 Å². The number of carbonyl (C=O) groups is 1. The summed E-state index contributed by atoms with van der Waals surface area (Å²) < 4.78 is 13.8. The first-order chi connectivity index (χ1) is 11.2. The summed E-state index contributed by atoms with van der Waals surface area (Å²) in [6, 6.07) is 10.7. The van der Waals surface area contributed by atoms with E-state index in [9.17, 15) is 9.18 Å². The summed E-state index contributed by atoms with van der Waals surface area (Å²) >= 11 is 0. The van der Waals surface area contributed by atoms with Crippen molar-refractivity contribution in [1.29, 1.82) is 0 Å². The summed E-state index contributed by atoms with van der Waals surface area (Å²) in [5.41, 5.74) is 10.7. The zero-order valence-corrected chi connectivity index (χ0v) is 12.4. The predicted molar refractivity (Wildman–Crippen MR) is 87.6 cm³/mol. The van der Waals surface area contributed by atoms with Gasteiger partial charge in [0, 0.05) is 29.7 Å². The second kappa shape index (κ2) is 5.21. The molecule has 0 saturated heterocycles. The van der Waals surface area contributed by atoms with E-state index in [2.05, 4.69) is 10.3 Å². The molecule has 4 rings (SSSR count). The van der Waals surface area contributed by atoms with Crippen LogP contribution >= 0.6 is 0 Å². The third-order valence-electron chi connectivity index (χ3n) is 4.35. The lowest BCUT2D eigenvalue weighted by atomic mass is 9.99. The molecule has 0 bridgehead atoms. The van der Waals surface area contributed by atoms with Gasteiger partial charge in [-0.1, -0.05) is 24.3 Å². The molecule has 1 aliphatic rings. The number of nitrogens with one attached hydrogen (secondary N) is 2. The second-order valence-corrected chi connectivity index (χ2v) is 5.76. The summed E-state index contributed by atoms with van der Waals surface area (Å²) in [5, 5.41) is 3.64. The van der Waals surface area contributed by atoms with Gasteiger partial charge in [0.1, 0.15) is 5.82 Å². The summed E-state index contributed by atoms with van der Waals surface area (Å²) in [5.74, 6) is -0.639. The molecule has 4 N–H and O–H groups in total. The van der Waals surface area contributed by atoms with Crippen molar-refractivity contribution in [3.63, 3.8) is 0 Å². The molecule has 0 fully saturated rings. The number of nitrogens with two attached hydrogens (primary N) is 1. The third kappa shape index (κ3) is 2.21. The maximum Gasteiger partial charge on any atom is 0.252 e. The van der Waals surface area contributed by atoms with Gasteiger partial charge in [0.15, 0.2) is 0 Å². The van der Waals surface area contributed by atoms with Crippen LogP contribution in [-0.2, 0) is 13.0 Å². The molecular weight excluding hydrogens is 293 g/mol. The van der Waals surface area contributed by atoms with E-state index in [0.29, 0.717) is 30.6 Å². The van der Waals surface area contributed by atoms with Crippen molar-refractivity contribution < 1.29 is 9.18 Å². The molecule has 3 aromatic rings. The highest BCUT2D eigenvalue weighted by atomic mass is 19.1. The summed E-state index contributed by atoms with van der Waals surface area (Å²) in [4.78, 5) is 15.5. The average molecular weight is 309 g/mol. The number of amides is 1. The van der Waals surface area contributed by atoms with Crippen LogP contribution in [0.15, 0.2) is 36.4 Å². The molecule has 1 aromatic heterocycles. The Bertz CT molecular complexity index is 912. The van der Waals surface area contributed by atoms with Crippen molar-refractivity contribution in [2.75, 3.05) is 6.54 Å². The number of hydrogen-bond donors (Lipinski definition) is 3. The molecular formula is C18H16FN3O. The Morgan fingerprint density at radius 3 is 2.70 bits per heavy atom. The van der Waals surface area contributed by atoms with Gasteiger partial charge in [0.2, 0.25) is 0 Å². The van der Waals surface area contributed by atoms with Crippen molar-refractivity contribution in [3.8, 4) is 11.3 Å². The molecule has 1 amide bonds. The van der Waals surface area contributed by atoms with E-state index in [1.54, 1.807) is 0 Å². The summed E-state index contributed by atoms with van der Waals surface area (Å²) in [7, 11) is 0. The second-order valence-electron chi connectivity index (χ2n) is 5.76. The number of rotatable bonds is 2. The zero-order chi connectivity index (χ0) is 16.0. The minimum absolute atomic E-state index is 0.225. The topological polar surface area (TPSA) is 70.9 Å². The molecule has 0 radical (unpaired) electrons. The Kier molecular flexibility index (Phi) is 3.16. The number of aromatic nitrogens is 1. The molecule has 0 aliphatic carbocycles. The van der Waals surface area contributed by atoms with Crippen LogP contribution in [0, 0.1) is 5.82 Å². The Morgan fingerprint density at radius 2 is 1.96 bits per heavy atom. The Labute approximate surface area is 132 Å². The van der Waals surface area contributed by atoms with E-state index >= 15 is 0 Å². The minimum Gasteiger partial charge on any atom is -0.354 e. The SMILES string of the molecule is NCc1ccc(-c2[nH]c3cc(F)cc4c3c2CCNC4=O)cc1. The lowest BCUT2D eigenvalue weighted by Gasteiger charge is -2.05. The van der Waals surface area contributed by atoms with Gasteiger partial charge >= 0.3 is 0 Å². The van der Waals surface area contributed by atoms with Gasteiger partial charge in [-0.05, 0) is 35.2 Å². The Balaban J connectivity index is 1.98. The van der Waals surface area contributed by atoms with E-state index in [1.165, 1.54) is 12.1 Å². The van der Waals surface area contributed by atoms with E-state index in [-0.39, 0.29) is 5.91 Å². The third-order valence-corrected chi connectivity index (χ3v) is 4.35. The lowest BCUT2D eigenvalue weighted by Crippen LogP contribution is -2.23. The van der Waals surface area contributed by atoms with Crippen molar-refractivity contribution in [1.82, 2.24) is 10.3 Å². The summed E-state index contributed by atoms with van der Waals surface area (Å²) in [6.45, 7) is 1.03. The fraction of sp³-hybridized carbons (Fsp3) is 0.167. The van der Waals surface area contributed by atoms with Gasteiger partial charge in [0.25, 0.3) is 5.91 Å². The number of halogens is 1. The molecule has 23 heavy (non-hydrogen) atoms. The number of benzene rings is 2. The van der Waals surface area contributed by atoms with Crippen molar-refractivity contribution >= 4 is 16.8 Å². The highest BCUT2D eigenvalue weighted by Gasteiger charge is 2.23. The monoisotopic (exact) mass is 309 g/mol. The molecule has 1 aliphatic heterocycles. The van der Waals surface area contributed by atoms with Gasteiger partial charge < -0.3 is 16.0 Å². The lowest BCUT2D eigenvalue weighted by molar-refractivity contribution is 0.0957. The quantitative estimate of drug-likeness (QED) is 0.681. The fourth-order valence-corrected chi connectivity index (χ4v) is 3.24. The fourth-order valence-electron chi connectivity index (χ4n) is 3.24. The van der Waals surface area contributed by atoms with Crippen LogP contribution in [0.25, 0.3) is 22.2 Å². The minimum atomic E-state index is -0.414. The van der Waals surface area contributed by atoms with Crippen LogP contribution in [-0.4, -0.2) is 17.4 Å². The van der Waals surface area contributed by atoms with E-state index < -0.39 is 5.82 Å². The van der Waals surface area contributed by atoms with Gasteiger partial charge in [-0.2, -0.15) is 0 Å².